The van der Waals surface area contributed by atoms with Crippen molar-refractivity contribution in [2.75, 3.05) is 0 Å². The molecule has 0 aliphatic heterocycles. The van der Waals surface area contributed by atoms with Gasteiger partial charge in [-0.1, -0.05) is 15.9 Å². The van der Waals surface area contributed by atoms with Gasteiger partial charge in [0.25, 0.3) is 0 Å². The first-order chi connectivity index (χ1) is 9.78. The van der Waals surface area contributed by atoms with Gasteiger partial charge < -0.3 is 9.64 Å². The van der Waals surface area contributed by atoms with E-state index in [9.17, 15) is 9.59 Å². The molecule has 5 heteroatoms. The van der Waals surface area contributed by atoms with E-state index >= 15 is 0 Å². The Bertz CT molecular complexity index is 547. The second kappa shape index (κ2) is 6.18. The standard InChI is InChI=1S/C16H20BrNO3/c1-16(2,3)21-15(20)18(14-4-5-14)9-11-6-12(10-19)8-13(17)7-11/h6-8,10,14H,4-5,9H2,1-3H3. The first-order valence-electron chi connectivity index (χ1n) is 7.03. The van der Waals surface area contributed by atoms with E-state index in [4.69, 9.17) is 4.74 Å². The van der Waals surface area contributed by atoms with Crippen LogP contribution in [0.1, 0.15) is 49.5 Å². The maximum absolute atomic E-state index is 12.3. The van der Waals surface area contributed by atoms with Crippen molar-refractivity contribution in [2.45, 2.75) is 51.8 Å². The zero-order valence-electron chi connectivity index (χ0n) is 12.6. The van der Waals surface area contributed by atoms with Crippen molar-refractivity contribution in [3.05, 3.63) is 33.8 Å². The van der Waals surface area contributed by atoms with Gasteiger partial charge in [-0.25, -0.2) is 4.79 Å². The van der Waals surface area contributed by atoms with Crippen molar-refractivity contribution in [1.29, 1.82) is 0 Å². The molecule has 0 spiro atoms. The van der Waals surface area contributed by atoms with Crippen molar-refractivity contribution >= 4 is 28.3 Å². The fourth-order valence-electron chi connectivity index (χ4n) is 2.08. The molecule has 0 radical (unpaired) electrons. The van der Waals surface area contributed by atoms with Crippen LogP contribution in [0.2, 0.25) is 0 Å². The van der Waals surface area contributed by atoms with Gasteiger partial charge >= 0.3 is 6.09 Å². The summed E-state index contributed by atoms with van der Waals surface area (Å²) in [6, 6.07) is 5.73. The highest BCUT2D eigenvalue weighted by Gasteiger charge is 2.35. The van der Waals surface area contributed by atoms with Gasteiger partial charge in [-0.2, -0.15) is 0 Å². The predicted octanol–water partition coefficient (Wildman–Crippen LogP) is 4.16. The van der Waals surface area contributed by atoms with Crippen LogP contribution in [0.3, 0.4) is 0 Å². The zero-order chi connectivity index (χ0) is 15.6. The molecule has 0 heterocycles. The average Bonchev–Trinajstić information content (AvgIpc) is 3.17. The molecule has 0 bridgehead atoms. The lowest BCUT2D eigenvalue weighted by Crippen LogP contribution is -2.37. The first-order valence-corrected chi connectivity index (χ1v) is 7.82. The molecule has 1 aromatic carbocycles. The van der Waals surface area contributed by atoms with Crippen LogP contribution in [0.25, 0.3) is 0 Å². The normalized spacial score (nSPS) is 14.7. The molecule has 0 atom stereocenters. The van der Waals surface area contributed by atoms with Crippen LogP contribution >= 0.6 is 15.9 Å². The van der Waals surface area contributed by atoms with E-state index in [1.165, 1.54) is 0 Å². The fourth-order valence-corrected chi connectivity index (χ4v) is 2.64. The van der Waals surface area contributed by atoms with Crippen molar-refractivity contribution in [3.63, 3.8) is 0 Å². The van der Waals surface area contributed by atoms with Gasteiger partial charge in [0.1, 0.15) is 11.9 Å². The Hall–Kier alpha value is -1.36. The number of halogens is 1. The number of amides is 1. The summed E-state index contributed by atoms with van der Waals surface area (Å²) in [7, 11) is 0. The molecule has 0 aromatic heterocycles. The summed E-state index contributed by atoms with van der Waals surface area (Å²) in [5.41, 5.74) is 1.01. The Balaban J connectivity index is 2.15. The lowest BCUT2D eigenvalue weighted by molar-refractivity contribution is 0.0216. The third kappa shape index (κ3) is 4.84. The van der Waals surface area contributed by atoms with Gasteiger partial charge in [-0.15, -0.1) is 0 Å². The van der Waals surface area contributed by atoms with Gasteiger partial charge in [0.2, 0.25) is 0 Å². The Kier molecular flexibility index (Phi) is 4.71. The number of carbonyl (C=O) groups is 2. The molecule has 1 fully saturated rings. The number of rotatable bonds is 4. The summed E-state index contributed by atoms with van der Waals surface area (Å²) < 4.78 is 6.30. The molecule has 0 saturated heterocycles. The van der Waals surface area contributed by atoms with E-state index in [1.807, 2.05) is 26.8 Å². The smallest absolute Gasteiger partial charge is 0.410 e. The van der Waals surface area contributed by atoms with E-state index in [1.54, 1.807) is 17.0 Å². The number of ether oxygens (including phenoxy) is 1. The van der Waals surface area contributed by atoms with Crippen LogP contribution in [-0.4, -0.2) is 28.9 Å². The van der Waals surface area contributed by atoms with Crippen molar-refractivity contribution in [1.82, 2.24) is 4.90 Å². The highest BCUT2D eigenvalue weighted by Crippen LogP contribution is 2.30. The van der Waals surface area contributed by atoms with Crippen molar-refractivity contribution in [3.8, 4) is 0 Å². The number of nitrogens with zero attached hydrogens (tertiary/aromatic N) is 1. The number of carbonyl (C=O) groups excluding carboxylic acids is 2. The van der Waals surface area contributed by atoms with E-state index in [2.05, 4.69) is 15.9 Å². The highest BCUT2D eigenvalue weighted by atomic mass is 79.9. The molecule has 114 valence electrons. The van der Waals surface area contributed by atoms with E-state index in [0.717, 1.165) is 29.2 Å². The third-order valence-corrected chi connectivity index (χ3v) is 3.54. The lowest BCUT2D eigenvalue weighted by Gasteiger charge is -2.27. The van der Waals surface area contributed by atoms with Crippen LogP contribution < -0.4 is 0 Å². The highest BCUT2D eigenvalue weighted by molar-refractivity contribution is 9.10. The van der Waals surface area contributed by atoms with Gasteiger partial charge in [0, 0.05) is 22.6 Å². The Morgan fingerprint density at radius 3 is 2.57 bits per heavy atom. The van der Waals surface area contributed by atoms with Crippen LogP contribution in [0, 0.1) is 0 Å². The lowest BCUT2D eigenvalue weighted by atomic mass is 10.1. The first kappa shape index (κ1) is 16.0. The zero-order valence-corrected chi connectivity index (χ0v) is 14.1. The van der Waals surface area contributed by atoms with Crippen molar-refractivity contribution in [2.24, 2.45) is 0 Å². The maximum atomic E-state index is 12.3. The topological polar surface area (TPSA) is 46.6 Å². The fraction of sp³-hybridized carbons (Fsp3) is 0.500. The van der Waals surface area contributed by atoms with Crippen LogP contribution in [-0.2, 0) is 11.3 Å². The molecule has 21 heavy (non-hydrogen) atoms. The summed E-state index contributed by atoms with van der Waals surface area (Å²) in [5.74, 6) is 0. The number of hydrogen-bond acceptors (Lipinski definition) is 3. The second-order valence-electron chi connectivity index (χ2n) is 6.35. The van der Waals surface area contributed by atoms with Crippen LogP contribution in [0.5, 0.6) is 0 Å². The number of aldehydes is 1. The molecule has 1 amide bonds. The van der Waals surface area contributed by atoms with E-state index < -0.39 is 5.60 Å². The molecule has 0 N–H and O–H groups in total. The SMILES string of the molecule is CC(C)(C)OC(=O)N(Cc1cc(Br)cc(C=O)c1)C1CC1. The quantitative estimate of drug-likeness (QED) is 0.763. The summed E-state index contributed by atoms with van der Waals surface area (Å²) in [6.07, 6.45) is 2.53. The summed E-state index contributed by atoms with van der Waals surface area (Å²) >= 11 is 3.39. The van der Waals surface area contributed by atoms with Gasteiger partial charge in [-0.3, -0.25) is 4.79 Å². The van der Waals surface area contributed by atoms with E-state index in [-0.39, 0.29) is 12.1 Å². The van der Waals surface area contributed by atoms with Gasteiger partial charge in [0.15, 0.2) is 0 Å². The maximum Gasteiger partial charge on any atom is 0.410 e. The van der Waals surface area contributed by atoms with Crippen LogP contribution in [0.15, 0.2) is 22.7 Å². The summed E-state index contributed by atoms with van der Waals surface area (Å²) in [4.78, 5) is 25.0. The number of hydrogen-bond donors (Lipinski definition) is 0. The summed E-state index contributed by atoms with van der Waals surface area (Å²) in [6.45, 7) is 6.04. The molecule has 1 aromatic rings. The monoisotopic (exact) mass is 353 g/mol. The molecule has 4 nitrogen and oxygen atoms in total. The second-order valence-corrected chi connectivity index (χ2v) is 7.27. The Labute approximate surface area is 133 Å². The number of benzene rings is 1. The van der Waals surface area contributed by atoms with Crippen molar-refractivity contribution < 1.29 is 14.3 Å². The molecular weight excluding hydrogens is 334 g/mol. The molecule has 1 aliphatic rings. The average molecular weight is 354 g/mol. The molecule has 2 rings (SSSR count). The Morgan fingerprint density at radius 2 is 2.05 bits per heavy atom. The van der Waals surface area contributed by atoms with E-state index in [0.29, 0.717) is 12.1 Å². The van der Waals surface area contributed by atoms with Gasteiger partial charge in [-0.05, 0) is 57.4 Å². The minimum absolute atomic E-state index is 0.249. The van der Waals surface area contributed by atoms with Gasteiger partial charge in [0.05, 0.1) is 0 Å². The third-order valence-electron chi connectivity index (χ3n) is 3.08. The van der Waals surface area contributed by atoms with Crippen LogP contribution in [0.4, 0.5) is 4.79 Å². The molecule has 1 aliphatic carbocycles. The largest absolute Gasteiger partial charge is 0.444 e. The summed E-state index contributed by atoms with van der Waals surface area (Å²) in [5, 5.41) is 0. The molecule has 0 unspecified atom stereocenters. The minimum atomic E-state index is -0.505. The molecular formula is C16H20BrNO3. The minimum Gasteiger partial charge on any atom is -0.444 e. The predicted molar refractivity (Wildman–Crippen MR) is 84.3 cm³/mol. The Morgan fingerprint density at radius 1 is 1.38 bits per heavy atom. The molecule has 1 saturated carbocycles.